The van der Waals surface area contributed by atoms with Crippen LogP contribution in [0.5, 0.6) is 0 Å². The molecule has 146 valence electrons. The van der Waals surface area contributed by atoms with Crippen molar-refractivity contribution in [3.8, 4) is 0 Å². The number of hydrogen-bond acceptors (Lipinski definition) is 4. The van der Waals surface area contributed by atoms with E-state index in [-0.39, 0.29) is 17.7 Å². The minimum Gasteiger partial charge on any atom is -0.378 e. The molecular formula is C22H25N3O3. The molecule has 2 aromatic rings. The highest BCUT2D eigenvalue weighted by Gasteiger charge is 2.26. The van der Waals surface area contributed by atoms with Gasteiger partial charge in [0.15, 0.2) is 0 Å². The Labute approximate surface area is 164 Å². The summed E-state index contributed by atoms with van der Waals surface area (Å²) in [7, 11) is 0. The van der Waals surface area contributed by atoms with Crippen molar-refractivity contribution in [3.05, 3.63) is 54.1 Å². The molecule has 0 aromatic heterocycles. The monoisotopic (exact) mass is 379 g/mol. The Kier molecular flexibility index (Phi) is 5.58. The number of para-hydroxylation sites is 1. The molecule has 0 radical (unpaired) electrons. The predicted molar refractivity (Wildman–Crippen MR) is 110 cm³/mol. The third-order valence-electron chi connectivity index (χ3n) is 5.36. The highest BCUT2D eigenvalue weighted by atomic mass is 16.5. The summed E-state index contributed by atoms with van der Waals surface area (Å²) < 4.78 is 5.37. The number of carbonyl (C=O) groups excluding carboxylic acids is 2. The molecule has 1 fully saturated rings. The van der Waals surface area contributed by atoms with E-state index in [0.717, 1.165) is 48.9 Å². The third kappa shape index (κ3) is 4.34. The van der Waals surface area contributed by atoms with Crippen LogP contribution in [0.4, 0.5) is 17.1 Å². The normalized spacial score (nSPS) is 18.9. The first-order chi connectivity index (χ1) is 13.7. The van der Waals surface area contributed by atoms with Gasteiger partial charge in [0.2, 0.25) is 11.8 Å². The Balaban J connectivity index is 1.28. The second-order valence-corrected chi connectivity index (χ2v) is 7.28. The maximum Gasteiger partial charge on any atom is 0.227 e. The van der Waals surface area contributed by atoms with Crippen molar-refractivity contribution in [2.75, 3.05) is 41.8 Å². The highest BCUT2D eigenvalue weighted by Crippen LogP contribution is 2.27. The minimum absolute atomic E-state index is 0.00126. The number of fused-ring (bicyclic) bond motifs is 1. The molecule has 2 aromatic carbocycles. The molecule has 4 rings (SSSR count). The fourth-order valence-electron chi connectivity index (χ4n) is 3.75. The SMILES string of the molecule is O=C(CCC1Cc2ccccc2NC1=O)Nc1ccc(N2CCOCC2)cc1. The van der Waals surface area contributed by atoms with Crippen LogP contribution in [0.1, 0.15) is 18.4 Å². The van der Waals surface area contributed by atoms with Crippen molar-refractivity contribution in [3.63, 3.8) is 0 Å². The highest BCUT2D eigenvalue weighted by molar-refractivity contribution is 5.96. The van der Waals surface area contributed by atoms with E-state index in [1.54, 1.807) is 0 Å². The molecule has 6 heteroatoms. The van der Waals surface area contributed by atoms with Crippen molar-refractivity contribution < 1.29 is 14.3 Å². The van der Waals surface area contributed by atoms with Crippen molar-refractivity contribution in [1.29, 1.82) is 0 Å². The molecule has 1 saturated heterocycles. The molecular weight excluding hydrogens is 354 g/mol. The second-order valence-electron chi connectivity index (χ2n) is 7.28. The van der Waals surface area contributed by atoms with Gasteiger partial charge in [0.05, 0.1) is 13.2 Å². The van der Waals surface area contributed by atoms with Gasteiger partial charge in [0.1, 0.15) is 0 Å². The van der Waals surface area contributed by atoms with Gasteiger partial charge in [-0.1, -0.05) is 18.2 Å². The Morgan fingerprint density at radius 1 is 1.11 bits per heavy atom. The van der Waals surface area contributed by atoms with Crippen molar-refractivity contribution in [2.24, 2.45) is 5.92 Å². The lowest BCUT2D eigenvalue weighted by atomic mass is 9.89. The average molecular weight is 379 g/mol. The van der Waals surface area contributed by atoms with E-state index in [0.29, 0.717) is 19.3 Å². The molecule has 6 nitrogen and oxygen atoms in total. The van der Waals surface area contributed by atoms with Crippen LogP contribution in [0.3, 0.4) is 0 Å². The van der Waals surface area contributed by atoms with Crippen LogP contribution in [0.2, 0.25) is 0 Å². The molecule has 0 saturated carbocycles. The van der Waals surface area contributed by atoms with Crippen LogP contribution in [0, 0.1) is 5.92 Å². The topological polar surface area (TPSA) is 70.7 Å². The van der Waals surface area contributed by atoms with E-state index in [2.05, 4.69) is 15.5 Å². The first-order valence-electron chi connectivity index (χ1n) is 9.80. The molecule has 2 aliphatic heterocycles. The van der Waals surface area contributed by atoms with E-state index >= 15 is 0 Å². The number of amides is 2. The molecule has 2 aliphatic rings. The predicted octanol–water partition coefficient (Wildman–Crippen LogP) is 3.05. The zero-order valence-corrected chi connectivity index (χ0v) is 15.8. The van der Waals surface area contributed by atoms with Crippen LogP contribution in [0.25, 0.3) is 0 Å². The number of morpholine rings is 1. The Morgan fingerprint density at radius 2 is 1.86 bits per heavy atom. The second kappa shape index (κ2) is 8.44. The van der Waals surface area contributed by atoms with Crippen LogP contribution in [0.15, 0.2) is 48.5 Å². The summed E-state index contributed by atoms with van der Waals surface area (Å²) in [5, 5.41) is 5.87. The maximum atomic E-state index is 12.3. The largest absolute Gasteiger partial charge is 0.378 e. The molecule has 2 amide bonds. The average Bonchev–Trinajstić information content (AvgIpc) is 2.73. The van der Waals surface area contributed by atoms with Gasteiger partial charge in [-0.2, -0.15) is 0 Å². The minimum atomic E-state index is -0.163. The lowest BCUT2D eigenvalue weighted by Gasteiger charge is -2.28. The van der Waals surface area contributed by atoms with Gasteiger partial charge in [0, 0.05) is 42.5 Å². The van der Waals surface area contributed by atoms with E-state index in [4.69, 9.17) is 4.74 Å². The summed E-state index contributed by atoms with van der Waals surface area (Å²) in [5.41, 5.74) is 3.93. The standard InChI is InChI=1S/C22H25N3O3/c26-21(10-5-17-15-16-3-1-2-4-20(16)24-22(17)27)23-18-6-8-19(9-7-18)25-11-13-28-14-12-25/h1-4,6-9,17H,5,10-15H2,(H,23,26)(H,24,27). The summed E-state index contributed by atoms with van der Waals surface area (Å²) in [6.45, 7) is 3.27. The van der Waals surface area contributed by atoms with Crippen molar-refractivity contribution >= 4 is 28.9 Å². The summed E-state index contributed by atoms with van der Waals surface area (Å²) in [6.07, 6.45) is 1.55. The molecule has 0 bridgehead atoms. The van der Waals surface area contributed by atoms with Gasteiger partial charge in [-0.3, -0.25) is 9.59 Å². The Hall–Kier alpha value is -2.86. The molecule has 2 N–H and O–H groups in total. The van der Waals surface area contributed by atoms with Crippen molar-refractivity contribution in [2.45, 2.75) is 19.3 Å². The summed E-state index contributed by atoms with van der Waals surface area (Å²) in [4.78, 5) is 26.9. The number of hydrogen-bond donors (Lipinski definition) is 2. The quantitative estimate of drug-likeness (QED) is 0.838. The van der Waals surface area contributed by atoms with Gasteiger partial charge in [0.25, 0.3) is 0 Å². The van der Waals surface area contributed by atoms with E-state index in [1.807, 2.05) is 48.5 Å². The maximum absolute atomic E-state index is 12.3. The Bertz CT molecular complexity index is 844. The molecule has 28 heavy (non-hydrogen) atoms. The number of rotatable bonds is 5. The van der Waals surface area contributed by atoms with E-state index in [1.165, 1.54) is 0 Å². The van der Waals surface area contributed by atoms with Gasteiger partial charge < -0.3 is 20.3 Å². The zero-order valence-electron chi connectivity index (χ0n) is 15.8. The van der Waals surface area contributed by atoms with Crippen LogP contribution < -0.4 is 15.5 Å². The Morgan fingerprint density at radius 3 is 2.64 bits per heavy atom. The number of nitrogens with zero attached hydrogens (tertiary/aromatic N) is 1. The summed E-state index contributed by atoms with van der Waals surface area (Å²) in [6, 6.07) is 15.7. The third-order valence-corrected chi connectivity index (χ3v) is 5.36. The number of nitrogens with one attached hydrogen (secondary N) is 2. The summed E-state index contributed by atoms with van der Waals surface area (Å²) in [5.74, 6) is -0.225. The molecule has 0 aliphatic carbocycles. The number of anilines is 3. The number of benzene rings is 2. The smallest absolute Gasteiger partial charge is 0.227 e. The van der Waals surface area contributed by atoms with E-state index in [9.17, 15) is 9.59 Å². The van der Waals surface area contributed by atoms with Crippen LogP contribution in [-0.4, -0.2) is 38.1 Å². The molecule has 1 atom stereocenters. The first-order valence-corrected chi connectivity index (χ1v) is 9.80. The van der Waals surface area contributed by atoms with Gasteiger partial charge in [-0.05, 0) is 48.7 Å². The lowest BCUT2D eigenvalue weighted by Crippen LogP contribution is -2.36. The van der Waals surface area contributed by atoms with Gasteiger partial charge >= 0.3 is 0 Å². The molecule has 1 unspecified atom stereocenters. The zero-order chi connectivity index (χ0) is 19.3. The number of ether oxygens (including phenoxy) is 1. The van der Waals surface area contributed by atoms with Gasteiger partial charge in [-0.15, -0.1) is 0 Å². The lowest BCUT2D eigenvalue weighted by molar-refractivity contribution is -0.121. The fraction of sp³-hybridized carbons (Fsp3) is 0.364. The molecule has 0 spiro atoms. The van der Waals surface area contributed by atoms with Crippen LogP contribution >= 0.6 is 0 Å². The first kappa shape index (κ1) is 18.5. The number of carbonyl (C=O) groups is 2. The van der Waals surface area contributed by atoms with Crippen LogP contribution in [-0.2, 0) is 20.7 Å². The van der Waals surface area contributed by atoms with E-state index < -0.39 is 0 Å². The van der Waals surface area contributed by atoms with Crippen molar-refractivity contribution in [1.82, 2.24) is 0 Å². The fourth-order valence-corrected chi connectivity index (χ4v) is 3.75. The molecule has 2 heterocycles. The summed E-state index contributed by atoms with van der Waals surface area (Å²) >= 11 is 0. The van der Waals surface area contributed by atoms with Gasteiger partial charge in [-0.25, -0.2) is 0 Å².